The Hall–Kier alpha value is -3.61. The fourth-order valence-corrected chi connectivity index (χ4v) is 4.40. The lowest BCUT2D eigenvalue weighted by Crippen LogP contribution is -2.30. The fraction of sp³-hybridized carbons (Fsp3) is 0.292. The van der Waals surface area contributed by atoms with Crippen LogP contribution in [0.4, 0.5) is 5.69 Å². The summed E-state index contributed by atoms with van der Waals surface area (Å²) in [6.07, 6.45) is 5.16. The number of fused-ring (bicyclic) bond motifs is 3. The Morgan fingerprint density at radius 1 is 1.13 bits per heavy atom. The number of ether oxygens (including phenoxy) is 1. The first-order valence-electron chi connectivity index (χ1n) is 10.2. The lowest BCUT2D eigenvalue weighted by atomic mass is 9.76. The Morgan fingerprint density at radius 2 is 1.87 bits per heavy atom. The highest BCUT2D eigenvalue weighted by atomic mass is 16.5. The van der Waals surface area contributed by atoms with E-state index in [0.717, 1.165) is 23.2 Å². The van der Waals surface area contributed by atoms with E-state index in [9.17, 15) is 14.4 Å². The number of methoxy groups -OCH3 is 1. The molecule has 0 radical (unpaired) electrons. The summed E-state index contributed by atoms with van der Waals surface area (Å²) in [5, 5.41) is 15.0. The molecule has 1 heterocycles. The number of carboxylic acids is 1. The van der Waals surface area contributed by atoms with Crippen LogP contribution in [0.1, 0.15) is 56.6 Å². The molecule has 31 heavy (non-hydrogen) atoms. The van der Waals surface area contributed by atoms with Gasteiger partial charge in [0.2, 0.25) is 0 Å². The van der Waals surface area contributed by atoms with Crippen molar-refractivity contribution in [3.05, 3.63) is 76.9 Å². The standard InChI is InChI=1S/C24H24N2O5/c1-31-24(30)15-7-5-14(6-8-15)22-18-4-2-3-17(18)19-13-16(9-10-20(19)26-22)23(29)25-12-11-21(27)28/h2-3,5-10,13,17-18,22,26H,4,11-12H2,1H3,(H,25,29)(H,27,28)/t17-,18-,22-/m0/s1. The number of carbonyl (C=O) groups is 3. The van der Waals surface area contributed by atoms with Crippen LogP contribution in [0.15, 0.2) is 54.6 Å². The van der Waals surface area contributed by atoms with E-state index >= 15 is 0 Å². The van der Waals surface area contributed by atoms with Crippen LogP contribution in [0.3, 0.4) is 0 Å². The highest BCUT2D eigenvalue weighted by Crippen LogP contribution is 2.49. The van der Waals surface area contributed by atoms with Gasteiger partial charge < -0.3 is 20.5 Å². The Kier molecular flexibility index (Phi) is 5.75. The van der Waals surface area contributed by atoms with Crippen LogP contribution in [0.5, 0.6) is 0 Å². The van der Waals surface area contributed by atoms with Crippen molar-refractivity contribution in [2.24, 2.45) is 5.92 Å². The molecule has 0 aromatic heterocycles. The Bertz CT molecular complexity index is 1040. The number of benzene rings is 2. The highest BCUT2D eigenvalue weighted by Gasteiger charge is 2.38. The van der Waals surface area contributed by atoms with Crippen LogP contribution in [-0.4, -0.2) is 36.6 Å². The minimum Gasteiger partial charge on any atom is -0.481 e. The van der Waals surface area contributed by atoms with Crippen LogP contribution in [0.25, 0.3) is 0 Å². The maximum atomic E-state index is 12.4. The lowest BCUT2D eigenvalue weighted by molar-refractivity contribution is -0.136. The van der Waals surface area contributed by atoms with Crippen molar-refractivity contribution >= 4 is 23.5 Å². The zero-order valence-corrected chi connectivity index (χ0v) is 17.1. The largest absolute Gasteiger partial charge is 0.481 e. The summed E-state index contributed by atoms with van der Waals surface area (Å²) in [4.78, 5) is 34.8. The predicted molar refractivity (Wildman–Crippen MR) is 115 cm³/mol. The second kappa shape index (κ2) is 8.63. The fourth-order valence-electron chi connectivity index (χ4n) is 4.40. The average Bonchev–Trinajstić information content (AvgIpc) is 3.28. The quantitative estimate of drug-likeness (QED) is 0.488. The van der Waals surface area contributed by atoms with Crippen LogP contribution < -0.4 is 10.6 Å². The summed E-state index contributed by atoms with van der Waals surface area (Å²) in [7, 11) is 1.37. The first-order valence-corrected chi connectivity index (χ1v) is 10.2. The summed E-state index contributed by atoms with van der Waals surface area (Å²) >= 11 is 0. The molecule has 0 bridgehead atoms. The second-order valence-corrected chi connectivity index (χ2v) is 7.79. The monoisotopic (exact) mass is 420 g/mol. The molecule has 7 heteroatoms. The molecular weight excluding hydrogens is 396 g/mol. The van der Waals surface area contributed by atoms with Gasteiger partial charge in [-0.2, -0.15) is 0 Å². The molecule has 0 saturated heterocycles. The number of esters is 1. The number of hydrogen-bond donors (Lipinski definition) is 3. The molecule has 2 aromatic carbocycles. The van der Waals surface area contributed by atoms with Gasteiger partial charge in [-0.15, -0.1) is 0 Å². The number of allylic oxidation sites excluding steroid dienone is 2. The molecule has 4 rings (SSSR count). The molecule has 0 unspecified atom stereocenters. The van der Waals surface area contributed by atoms with E-state index in [0.29, 0.717) is 17.0 Å². The minimum absolute atomic E-state index is 0.0782. The number of aliphatic carboxylic acids is 1. The number of hydrogen-bond acceptors (Lipinski definition) is 5. The lowest BCUT2D eigenvalue weighted by Gasteiger charge is -2.37. The summed E-state index contributed by atoms with van der Waals surface area (Å²) < 4.78 is 4.78. The van der Waals surface area contributed by atoms with E-state index in [2.05, 4.69) is 22.8 Å². The zero-order chi connectivity index (χ0) is 22.0. The smallest absolute Gasteiger partial charge is 0.337 e. The van der Waals surface area contributed by atoms with E-state index < -0.39 is 5.97 Å². The molecule has 0 fully saturated rings. The van der Waals surface area contributed by atoms with Crippen molar-refractivity contribution in [2.75, 3.05) is 19.0 Å². The summed E-state index contributed by atoms with van der Waals surface area (Å²) in [5.74, 6) is -1.11. The van der Waals surface area contributed by atoms with Crippen LogP contribution >= 0.6 is 0 Å². The van der Waals surface area contributed by atoms with Crippen molar-refractivity contribution in [2.45, 2.75) is 24.8 Å². The SMILES string of the molecule is COC(=O)c1ccc([C@@H]2Nc3ccc(C(=O)NCCC(=O)O)cc3[C@H]3C=CC[C@@H]32)cc1. The molecule has 1 aliphatic heterocycles. The molecule has 2 aromatic rings. The van der Waals surface area contributed by atoms with Gasteiger partial charge in [0.15, 0.2) is 0 Å². The third-order valence-electron chi connectivity index (χ3n) is 5.94. The van der Waals surface area contributed by atoms with Gasteiger partial charge >= 0.3 is 11.9 Å². The van der Waals surface area contributed by atoms with Crippen molar-refractivity contribution in [1.29, 1.82) is 0 Å². The van der Waals surface area contributed by atoms with Gasteiger partial charge in [0.05, 0.1) is 25.1 Å². The van der Waals surface area contributed by atoms with Crippen LogP contribution in [-0.2, 0) is 9.53 Å². The topological polar surface area (TPSA) is 105 Å². The average molecular weight is 420 g/mol. The maximum Gasteiger partial charge on any atom is 0.337 e. The Labute approximate surface area is 180 Å². The maximum absolute atomic E-state index is 12.4. The van der Waals surface area contributed by atoms with Crippen LogP contribution in [0, 0.1) is 5.92 Å². The van der Waals surface area contributed by atoms with Gasteiger partial charge in [-0.1, -0.05) is 24.3 Å². The van der Waals surface area contributed by atoms with Crippen molar-refractivity contribution in [3.8, 4) is 0 Å². The number of carbonyl (C=O) groups excluding carboxylic acids is 2. The van der Waals surface area contributed by atoms with Crippen molar-refractivity contribution in [3.63, 3.8) is 0 Å². The Balaban J connectivity index is 1.57. The van der Waals surface area contributed by atoms with Gasteiger partial charge in [-0.05, 0) is 53.8 Å². The van der Waals surface area contributed by atoms with Gasteiger partial charge in [0.25, 0.3) is 5.91 Å². The summed E-state index contributed by atoms with van der Waals surface area (Å²) in [6.45, 7) is 0.0963. The van der Waals surface area contributed by atoms with Crippen molar-refractivity contribution in [1.82, 2.24) is 5.32 Å². The number of carboxylic acid groups (broad SMARTS) is 1. The molecular formula is C24H24N2O5. The molecule has 0 saturated carbocycles. The third-order valence-corrected chi connectivity index (χ3v) is 5.94. The van der Waals surface area contributed by atoms with E-state index in [1.807, 2.05) is 24.3 Å². The van der Waals surface area contributed by atoms with E-state index in [1.54, 1.807) is 18.2 Å². The van der Waals surface area contributed by atoms with Gasteiger partial charge in [-0.3, -0.25) is 9.59 Å². The zero-order valence-electron chi connectivity index (χ0n) is 17.1. The normalized spacial score (nSPS) is 20.9. The molecule has 2 aliphatic rings. The summed E-state index contributed by atoms with van der Waals surface area (Å²) in [6, 6.07) is 13.1. The first-order chi connectivity index (χ1) is 15.0. The highest BCUT2D eigenvalue weighted by molar-refractivity contribution is 5.95. The number of nitrogens with one attached hydrogen (secondary N) is 2. The number of rotatable bonds is 6. The Morgan fingerprint density at radius 3 is 2.58 bits per heavy atom. The molecule has 3 atom stereocenters. The van der Waals surface area contributed by atoms with Gasteiger partial charge in [0.1, 0.15) is 0 Å². The second-order valence-electron chi connectivity index (χ2n) is 7.79. The van der Waals surface area contributed by atoms with E-state index in [-0.39, 0.29) is 36.8 Å². The van der Waals surface area contributed by atoms with E-state index in [1.165, 1.54) is 7.11 Å². The predicted octanol–water partition coefficient (Wildman–Crippen LogP) is 3.50. The van der Waals surface area contributed by atoms with Gasteiger partial charge in [0, 0.05) is 23.7 Å². The molecule has 1 amide bonds. The molecule has 0 spiro atoms. The third kappa shape index (κ3) is 4.17. The minimum atomic E-state index is -0.945. The first kappa shape index (κ1) is 20.7. The summed E-state index contributed by atoms with van der Waals surface area (Å²) in [5.41, 5.74) is 4.16. The molecule has 160 valence electrons. The van der Waals surface area contributed by atoms with Crippen molar-refractivity contribution < 1.29 is 24.2 Å². The number of anilines is 1. The molecule has 1 aliphatic carbocycles. The van der Waals surface area contributed by atoms with E-state index in [4.69, 9.17) is 9.84 Å². The van der Waals surface area contributed by atoms with Gasteiger partial charge in [-0.25, -0.2) is 4.79 Å². The molecule has 7 nitrogen and oxygen atoms in total. The number of amides is 1. The molecule has 3 N–H and O–H groups in total. The van der Waals surface area contributed by atoms with Crippen LogP contribution in [0.2, 0.25) is 0 Å².